The summed E-state index contributed by atoms with van der Waals surface area (Å²) in [5.41, 5.74) is 4.53. The van der Waals surface area contributed by atoms with E-state index in [0.29, 0.717) is 18.2 Å². The highest BCUT2D eigenvalue weighted by Gasteiger charge is 2.35. The molecule has 1 aromatic heterocycles. The third-order valence-corrected chi connectivity index (χ3v) is 5.14. The summed E-state index contributed by atoms with van der Waals surface area (Å²) in [5, 5.41) is 8.10. The van der Waals surface area contributed by atoms with E-state index in [4.69, 9.17) is 0 Å². The van der Waals surface area contributed by atoms with Gasteiger partial charge in [0.05, 0.1) is 16.9 Å². The number of benzene rings is 2. The number of hydrogen-bond donors (Lipinski definition) is 0. The van der Waals surface area contributed by atoms with Crippen molar-refractivity contribution in [1.82, 2.24) is 15.0 Å². The molecule has 126 valence electrons. The highest BCUT2D eigenvalue weighted by atomic mass is 16.2. The molecule has 25 heavy (non-hydrogen) atoms. The van der Waals surface area contributed by atoms with E-state index in [1.165, 1.54) is 18.5 Å². The van der Waals surface area contributed by atoms with Gasteiger partial charge in [0.2, 0.25) is 0 Å². The summed E-state index contributed by atoms with van der Waals surface area (Å²) in [4.78, 5) is 17.5. The van der Waals surface area contributed by atoms with Gasteiger partial charge in [-0.15, -0.1) is 5.10 Å². The third kappa shape index (κ3) is 2.28. The van der Waals surface area contributed by atoms with Gasteiger partial charge in [0.1, 0.15) is 5.52 Å². The van der Waals surface area contributed by atoms with E-state index in [2.05, 4.69) is 27.3 Å². The first-order chi connectivity index (χ1) is 12.2. The fraction of sp³-hybridized carbons (Fsp3) is 0.316. The summed E-state index contributed by atoms with van der Waals surface area (Å²) in [7, 11) is 1.84. The van der Waals surface area contributed by atoms with Gasteiger partial charge in [0, 0.05) is 31.7 Å². The number of nitrogens with zero attached hydrogens (tertiary/aromatic N) is 5. The second-order valence-electron chi connectivity index (χ2n) is 6.79. The number of amides is 1. The maximum atomic E-state index is 13.2. The predicted octanol–water partition coefficient (Wildman–Crippen LogP) is 2.60. The maximum absolute atomic E-state index is 13.2. The first-order valence-corrected chi connectivity index (χ1v) is 8.69. The van der Waals surface area contributed by atoms with E-state index in [0.717, 1.165) is 23.3 Å². The Morgan fingerprint density at radius 1 is 1.08 bits per heavy atom. The normalized spacial score (nSPS) is 17.0. The molecular weight excluding hydrogens is 314 g/mol. The lowest BCUT2D eigenvalue weighted by Gasteiger charge is -2.38. The Morgan fingerprint density at radius 3 is 2.68 bits per heavy atom. The number of para-hydroxylation sites is 2. The van der Waals surface area contributed by atoms with Crippen LogP contribution in [0.1, 0.15) is 23.2 Å². The van der Waals surface area contributed by atoms with Crippen LogP contribution in [0.4, 0.5) is 11.4 Å². The van der Waals surface area contributed by atoms with Gasteiger partial charge in [-0.1, -0.05) is 17.3 Å². The van der Waals surface area contributed by atoms with Crippen LogP contribution in [0.2, 0.25) is 0 Å². The van der Waals surface area contributed by atoms with Crippen molar-refractivity contribution in [2.45, 2.75) is 18.9 Å². The van der Waals surface area contributed by atoms with Crippen LogP contribution in [0.25, 0.3) is 11.0 Å². The largest absolute Gasteiger partial charge is 0.365 e. The Kier molecular flexibility index (Phi) is 3.07. The van der Waals surface area contributed by atoms with Crippen molar-refractivity contribution in [1.29, 1.82) is 0 Å². The molecular formula is C19H19N5O. The molecule has 1 fully saturated rings. The van der Waals surface area contributed by atoms with Gasteiger partial charge in [-0.25, -0.2) is 4.68 Å². The minimum absolute atomic E-state index is 0.0333. The Balaban J connectivity index is 1.54. The Hall–Kier alpha value is -2.89. The van der Waals surface area contributed by atoms with Gasteiger partial charge in [0.15, 0.2) is 0 Å². The fourth-order valence-electron chi connectivity index (χ4n) is 3.68. The molecule has 0 atom stereocenters. The van der Waals surface area contributed by atoms with Gasteiger partial charge in [-0.3, -0.25) is 4.79 Å². The van der Waals surface area contributed by atoms with Crippen molar-refractivity contribution in [2.75, 3.05) is 22.9 Å². The average molecular weight is 333 g/mol. The molecule has 0 N–H and O–H groups in total. The highest BCUT2D eigenvalue weighted by Crippen LogP contribution is 2.40. The molecule has 6 nitrogen and oxygen atoms in total. The Labute approximate surface area is 145 Å². The number of fused-ring (bicyclic) bond motifs is 2. The van der Waals surface area contributed by atoms with Crippen molar-refractivity contribution >= 4 is 28.3 Å². The molecule has 0 bridgehead atoms. The summed E-state index contributed by atoms with van der Waals surface area (Å²) in [6.07, 6.45) is 2.51. The number of aryl methyl sites for hydroxylation is 1. The van der Waals surface area contributed by atoms with Crippen LogP contribution < -0.4 is 9.80 Å². The van der Waals surface area contributed by atoms with Gasteiger partial charge >= 0.3 is 0 Å². The van der Waals surface area contributed by atoms with Crippen molar-refractivity contribution in [3.8, 4) is 0 Å². The summed E-state index contributed by atoms with van der Waals surface area (Å²) < 4.78 is 1.70. The Morgan fingerprint density at radius 2 is 1.88 bits per heavy atom. The molecule has 2 heterocycles. The zero-order valence-corrected chi connectivity index (χ0v) is 14.1. The Bertz CT molecular complexity index is 975. The standard InChI is InChI=1S/C19H19N5O/c1-22-18-12-13(6-9-15(18)20-21-22)19(25)24-11-10-23(14-7-8-14)16-4-2-3-5-17(16)24/h2-6,9,12,14H,7-8,10-11H2,1H3. The summed E-state index contributed by atoms with van der Waals surface area (Å²) in [6.45, 7) is 1.61. The average Bonchev–Trinajstić information content (AvgIpc) is 3.43. The monoisotopic (exact) mass is 333 g/mol. The van der Waals surface area contributed by atoms with Gasteiger partial charge in [0.25, 0.3) is 5.91 Å². The maximum Gasteiger partial charge on any atom is 0.258 e. The first-order valence-electron chi connectivity index (χ1n) is 8.69. The minimum Gasteiger partial charge on any atom is -0.365 e. The van der Waals surface area contributed by atoms with Crippen LogP contribution in [0.5, 0.6) is 0 Å². The van der Waals surface area contributed by atoms with E-state index < -0.39 is 0 Å². The molecule has 1 amide bonds. The van der Waals surface area contributed by atoms with Crippen molar-refractivity contribution < 1.29 is 4.79 Å². The van der Waals surface area contributed by atoms with Crippen LogP contribution in [0.15, 0.2) is 42.5 Å². The molecule has 2 aliphatic rings. The third-order valence-electron chi connectivity index (χ3n) is 5.14. The molecule has 1 aliphatic carbocycles. The topological polar surface area (TPSA) is 54.3 Å². The minimum atomic E-state index is 0.0333. The molecule has 2 aromatic carbocycles. The van der Waals surface area contributed by atoms with E-state index in [-0.39, 0.29) is 5.91 Å². The van der Waals surface area contributed by atoms with Gasteiger partial charge in [-0.2, -0.15) is 0 Å². The number of rotatable bonds is 2. The number of anilines is 2. The molecule has 1 aliphatic heterocycles. The predicted molar refractivity (Wildman–Crippen MR) is 97.0 cm³/mol. The van der Waals surface area contributed by atoms with Crippen LogP contribution in [-0.4, -0.2) is 40.0 Å². The van der Waals surface area contributed by atoms with Crippen molar-refractivity contribution in [3.05, 3.63) is 48.0 Å². The lowest BCUT2D eigenvalue weighted by atomic mass is 10.1. The molecule has 1 saturated carbocycles. The van der Waals surface area contributed by atoms with E-state index in [1.54, 1.807) is 4.68 Å². The first kappa shape index (κ1) is 14.5. The van der Waals surface area contributed by atoms with Gasteiger partial charge in [-0.05, 0) is 43.2 Å². The van der Waals surface area contributed by atoms with Crippen molar-refractivity contribution in [2.24, 2.45) is 7.05 Å². The van der Waals surface area contributed by atoms with E-state index in [1.807, 2.05) is 42.3 Å². The summed E-state index contributed by atoms with van der Waals surface area (Å²) >= 11 is 0. The zero-order chi connectivity index (χ0) is 17.0. The molecule has 0 unspecified atom stereocenters. The van der Waals surface area contributed by atoms with Crippen LogP contribution in [0.3, 0.4) is 0 Å². The lowest BCUT2D eigenvalue weighted by molar-refractivity contribution is 0.0986. The number of carbonyl (C=O) groups excluding carboxylic acids is 1. The highest BCUT2D eigenvalue weighted by molar-refractivity contribution is 6.09. The van der Waals surface area contributed by atoms with Crippen LogP contribution in [-0.2, 0) is 7.05 Å². The van der Waals surface area contributed by atoms with E-state index in [9.17, 15) is 4.79 Å². The molecule has 0 spiro atoms. The van der Waals surface area contributed by atoms with Crippen LogP contribution in [0, 0.1) is 0 Å². The fourth-order valence-corrected chi connectivity index (χ4v) is 3.68. The second-order valence-corrected chi connectivity index (χ2v) is 6.79. The number of aromatic nitrogens is 3. The molecule has 0 saturated heterocycles. The second kappa shape index (κ2) is 5.31. The number of carbonyl (C=O) groups is 1. The quantitative estimate of drug-likeness (QED) is 0.723. The molecule has 6 heteroatoms. The SMILES string of the molecule is Cn1nnc2ccc(C(=O)N3CCN(C4CC4)c4ccccc43)cc21. The number of hydrogen-bond acceptors (Lipinski definition) is 4. The summed E-state index contributed by atoms with van der Waals surface area (Å²) in [5.74, 6) is 0.0333. The smallest absolute Gasteiger partial charge is 0.258 e. The molecule has 5 rings (SSSR count). The van der Waals surface area contributed by atoms with Crippen LogP contribution >= 0.6 is 0 Å². The van der Waals surface area contributed by atoms with E-state index >= 15 is 0 Å². The van der Waals surface area contributed by atoms with Crippen molar-refractivity contribution in [3.63, 3.8) is 0 Å². The summed E-state index contributed by atoms with van der Waals surface area (Å²) in [6, 6.07) is 14.5. The van der Waals surface area contributed by atoms with Gasteiger partial charge < -0.3 is 9.80 Å². The molecule has 0 radical (unpaired) electrons. The molecule has 3 aromatic rings. The zero-order valence-electron chi connectivity index (χ0n) is 14.1. The lowest BCUT2D eigenvalue weighted by Crippen LogP contribution is -2.45.